The summed E-state index contributed by atoms with van der Waals surface area (Å²) in [5.74, 6) is -0.813. The van der Waals surface area contributed by atoms with Crippen molar-refractivity contribution in [1.82, 2.24) is 10.2 Å². The maximum Gasteiger partial charge on any atom is 0.293 e. The highest BCUT2D eigenvalue weighted by molar-refractivity contribution is 8.18. The molecule has 0 spiro atoms. The Bertz CT molecular complexity index is 1080. The summed E-state index contributed by atoms with van der Waals surface area (Å²) in [6.45, 7) is 0.132. The Balaban J connectivity index is 1.57. The summed E-state index contributed by atoms with van der Waals surface area (Å²) in [6.07, 6.45) is 2.75. The lowest BCUT2D eigenvalue weighted by atomic mass is 10.2. The van der Waals surface area contributed by atoms with Crippen LogP contribution in [0.15, 0.2) is 64.4 Å². The second-order valence-electron chi connectivity index (χ2n) is 6.30. The van der Waals surface area contributed by atoms with E-state index in [0.717, 1.165) is 28.5 Å². The van der Waals surface area contributed by atoms with Crippen molar-refractivity contribution in [3.05, 3.63) is 70.6 Å². The molecular weight excluding hydrogens is 412 g/mol. The number of imide groups is 1. The van der Waals surface area contributed by atoms with Crippen molar-refractivity contribution >= 4 is 44.7 Å². The molecule has 1 saturated heterocycles. The molecule has 1 aliphatic rings. The van der Waals surface area contributed by atoms with Gasteiger partial charge in [0.15, 0.2) is 9.84 Å². The molecule has 3 amide bonds. The fourth-order valence-corrected chi connectivity index (χ4v) is 4.13. The number of sulfone groups is 1. The van der Waals surface area contributed by atoms with Crippen molar-refractivity contribution in [2.45, 2.75) is 4.90 Å². The number of nitrogens with zero attached hydrogens (tertiary/aromatic N) is 1. The van der Waals surface area contributed by atoms with Gasteiger partial charge < -0.3 is 5.32 Å². The highest BCUT2D eigenvalue weighted by Crippen LogP contribution is 2.31. The van der Waals surface area contributed by atoms with Crippen molar-refractivity contribution in [2.75, 3.05) is 19.3 Å². The normalized spacial score (nSPS) is 15.8. The third-order valence-electron chi connectivity index (χ3n) is 4.14. The monoisotopic (exact) mass is 430 g/mol. The van der Waals surface area contributed by atoms with Crippen LogP contribution in [0, 0.1) is 0 Å². The van der Waals surface area contributed by atoms with Crippen LogP contribution in [0.5, 0.6) is 0 Å². The smallest absolute Gasteiger partial charge is 0.293 e. The molecule has 0 aromatic heterocycles. The number of hydrogen-bond donors (Lipinski definition) is 1. The van der Waals surface area contributed by atoms with E-state index in [0.29, 0.717) is 4.91 Å². The molecule has 1 N–H and O–H groups in total. The molecule has 1 aliphatic heterocycles. The number of benzene rings is 2. The average Bonchev–Trinajstić information content (AvgIpc) is 2.95. The van der Waals surface area contributed by atoms with E-state index in [2.05, 4.69) is 5.32 Å². The number of hydrogen-bond acceptors (Lipinski definition) is 6. The molecule has 7 nitrogen and oxygen atoms in total. The van der Waals surface area contributed by atoms with E-state index in [9.17, 15) is 22.8 Å². The summed E-state index contributed by atoms with van der Waals surface area (Å²) in [5, 5.41) is 2.24. The van der Waals surface area contributed by atoms with Crippen LogP contribution in [-0.2, 0) is 14.6 Å². The van der Waals surface area contributed by atoms with E-state index >= 15 is 0 Å². The topological polar surface area (TPSA) is 101 Å². The minimum Gasteiger partial charge on any atom is -0.350 e. The average molecular weight is 431 g/mol. The first-order valence-electron chi connectivity index (χ1n) is 8.64. The van der Waals surface area contributed by atoms with E-state index < -0.39 is 21.7 Å². The van der Waals surface area contributed by atoms with Gasteiger partial charge in [-0.05, 0) is 47.7 Å². The Kier molecular flexibility index (Phi) is 6.19. The van der Waals surface area contributed by atoms with Crippen LogP contribution in [0.3, 0.4) is 0 Å². The van der Waals surface area contributed by atoms with Crippen LogP contribution >= 0.6 is 11.8 Å². The summed E-state index contributed by atoms with van der Waals surface area (Å²) < 4.78 is 22.9. The van der Waals surface area contributed by atoms with Crippen LogP contribution in [0.1, 0.15) is 15.9 Å². The first-order chi connectivity index (χ1) is 13.8. The van der Waals surface area contributed by atoms with Gasteiger partial charge in [-0.25, -0.2) is 8.42 Å². The lowest BCUT2D eigenvalue weighted by Crippen LogP contribution is -2.37. The molecule has 0 bridgehead atoms. The van der Waals surface area contributed by atoms with Crippen LogP contribution in [-0.4, -0.2) is 49.7 Å². The molecule has 0 unspecified atom stereocenters. The summed E-state index contributed by atoms with van der Waals surface area (Å²) in [4.78, 5) is 38.3. The maximum atomic E-state index is 12.4. The zero-order chi connectivity index (χ0) is 21.0. The number of nitrogens with one attached hydrogen (secondary N) is 1. The molecule has 0 radical (unpaired) electrons. The Morgan fingerprint density at radius 2 is 1.72 bits per heavy atom. The van der Waals surface area contributed by atoms with Crippen LogP contribution < -0.4 is 5.32 Å². The van der Waals surface area contributed by atoms with Crippen LogP contribution in [0.2, 0.25) is 0 Å². The Morgan fingerprint density at radius 1 is 1.07 bits per heavy atom. The third-order valence-corrected chi connectivity index (χ3v) is 6.17. The van der Waals surface area contributed by atoms with Gasteiger partial charge in [-0.3, -0.25) is 19.3 Å². The number of carbonyl (C=O) groups is 3. The summed E-state index contributed by atoms with van der Waals surface area (Å²) in [6, 6.07) is 14.8. The van der Waals surface area contributed by atoms with Crippen LogP contribution in [0.25, 0.3) is 6.08 Å². The molecular formula is C20H18N2O5S2. The standard InChI is InChI=1S/C20H18N2O5S2/c1-29(26,27)16-9-7-15(8-10-16)18(23)21-11-12-22-19(24)17(28-20(22)25)13-14-5-3-2-4-6-14/h2-10,13H,11-12H2,1H3,(H,21,23). The SMILES string of the molecule is CS(=O)(=O)c1ccc(C(=O)NCCN2C(=O)SC(=Cc3ccccc3)C2=O)cc1. The lowest BCUT2D eigenvalue weighted by Gasteiger charge is -2.13. The molecule has 0 saturated carbocycles. The van der Waals surface area contributed by atoms with Gasteiger partial charge in [0.25, 0.3) is 17.1 Å². The predicted molar refractivity (Wildman–Crippen MR) is 111 cm³/mol. The number of amides is 3. The third kappa shape index (κ3) is 5.12. The van der Waals surface area contributed by atoms with Gasteiger partial charge in [-0.15, -0.1) is 0 Å². The summed E-state index contributed by atoms with van der Waals surface area (Å²) in [7, 11) is -3.33. The van der Waals surface area contributed by atoms with Gasteiger partial charge in [0.05, 0.1) is 9.80 Å². The zero-order valence-corrected chi connectivity index (χ0v) is 17.1. The fraction of sp³-hybridized carbons (Fsp3) is 0.150. The molecule has 2 aromatic carbocycles. The highest BCUT2D eigenvalue weighted by Gasteiger charge is 2.34. The molecule has 9 heteroatoms. The largest absolute Gasteiger partial charge is 0.350 e. The Labute approximate surface area is 172 Å². The van der Waals surface area contributed by atoms with Crippen molar-refractivity contribution in [2.24, 2.45) is 0 Å². The molecule has 3 rings (SSSR count). The van der Waals surface area contributed by atoms with E-state index in [1.165, 1.54) is 24.3 Å². The fourth-order valence-electron chi connectivity index (χ4n) is 2.63. The van der Waals surface area contributed by atoms with Gasteiger partial charge in [0, 0.05) is 24.9 Å². The van der Waals surface area contributed by atoms with Crippen molar-refractivity contribution in [3.8, 4) is 0 Å². The van der Waals surface area contributed by atoms with E-state index in [1.54, 1.807) is 6.08 Å². The van der Waals surface area contributed by atoms with Gasteiger partial charge in [-0.2, -0.15) is 0 Å². The number of carbonyl (C=O) groups excluding carboxylic acids is 3. The second-order valence-corrected chi connectivity index (χ2v) is 9.31. The molecule has 1 fully saturated rings. The zero-order valence-electron chi connectivity index (χ0n) is 15.5. The molecule has 1 heterocycles. The van der Waals surface area contributed by atoms with E-state index in [-0.39, 0.29) is 28.8 Å². The van der Waals surface area contributed by atoms with E-state index in [4.69, 9.17) is 0 Å². The molecule has 2 aromatic rings. The second kappa shape index (κ2) is 8.62. The van der Waals surface area contributed by atoms with Gasteiger partial charge >= 0.3 is 0 Å². The molecule has 0 aliphatic carbocycles. The molecule has 0 atom stereocenters. The highest BCUT2D eigenvalue weighted by atomic mass is 32.2. The number of thioether (sulfide) groups is 1. The minimum absolute atomic E-state index is 0.0456. The van der Waals surface area contributed by atoms with Crippen molar-refractivity contribution in [1.29, 1.82) is 0 Å². The van der Waals surface area contributed by atoms with E-state index in [1.807, 2.05) is 30.3 Å². The summed E-state index contributed by atoms with van der Waals surface area (Å²) >= 11 is 0.865. The Morgan fingerprint density at radius 3 is 2.34 bits per heavy atom. The predicted octanol–water partition coefficient (Wildman–Crippen LogP) is 2.56. The molecule has 29 heavy (non-hydrogen) atoms. The van der Waals surface area contributed by atoms with Gasteiger partial charge in [-0.1, -0.05) is 30.3 Å². The quantitative estimate of drug-likeness (QED) is 0.707. The lowest BCUT2D eigenvalue weighted by molar-refractivity contribution is -0.122. The van der Waals surface area contributed by atoms with Gasteiger partial charge in [0.2, 0.25) is 0 Å². The Hall–Kier alpha value is -2.91. The first-order valence-corrected chi connectivity index (χ1v) is 11.4. The number of rotatable bonds is 6. The minimum atomic E-state index is -3.33. The molecule has 150 valence electrons. The maximum absolute atomic E-state index is 12.4. The van der Waals surface area contributed by atoms with Crippen molar-refractivity contribution < 1.29 is 22.8 Å². The van der Waals surface area contributed by atoms with Crippen LogP contribution in [0.4, 0.5) is 4.79 Å². The van der Waals surface area contributed by atoms with Gasteiger partial charge in [0.1, 0.15) is 0 Å². The van der Waals surface area contributed by atoms with Crippen molar-refractivity contribution in [3.63, 3.8) is 0 Å². The first kappa shape index (κ1) is 20.8. The summed E-state index contributed by atoms with van der Waals surface area (Å²) in [5.41, 5.74) is 1.11.